The molecule has 7 heteroatoms. The van der Waals surface area contributed by atoms with E-state index in [1.807, 2.05) is 11.0 Å². The number of hydrogen-bond donors (Lipinski definition) is 1. The van der Waals surface area contributed by atoms with E-state index in [0.717, 1.165) is 17.9 Å². The summed E-state index contributed by atoms with van der Waals surface area (Å²) < 4.78 is 0. The first-order chi connectivity index (χ1) is 13.3. The normalized spacial score (nSPS) is 29.8. The minimum Gasteiger partial charge on any atom is -0.341 e. The summed E-state index contributed by atoms with van der Waals surface area (Å²) in [6.07, 6.45) is 0.919. The Balaban J connectivity index is 1.46. The number of carbonyl (C=O) groups is 3. The number of carbonyl (C=O) groups excluding carboxylic acids is 3. The Kier molecular flexibility index (Phi) is 4.65. The zero-order valence-corrected chi connectivity index (χ0v) is 16.7. The summed E-state index contributed by atoms with van der Waals surface area (Å²) >= 11 is 0. The van der Waals surface area contributed by atoms with Crippen LogP contribution in [0.3, 0.4) is 0 Å². The van der Waals surface area contributed by atoms with Crippen molar-refractivity contribution < 1.29 is 14.4 Å². The molecule has 0 spiro atoms. The molecule has 3 saturated heterocycles. The first-order valence-corrected chi connectivity index (χ1v) is 9.95. The van der Waals surface area contributed by atoms with Gasteiger partial charge in [-0.15, -0.1) is 0 Å². The third kappa shape index (κ3) is 3.17. The highest BCUT2D eigenvalue weighted by molar-refractivity contribution is 6.08. The van der Waals surface area contributed by atoms with E-state index >= 15 is 0 Å². The van der Waals surface area contributed by atoms with Crippen LogP contribution in [0.1, 0.15) is 31.7 Å². The lowest BCUT2D eigenvalue weighted by molar-refractivity contribution is -0.139. The second kappa shape index (κ2) is 6.88. The van der Waals surface area contributed by atoms with Crippen LogP contribution < -0.4 is 5.32 Å². The molecule has 0 aromatic heterocycles. The lowest BCUT2D eigenvalue weighted by Crippen LogP contribution is -2.51. The van der Waals surface area contributed by atoms with Gasteiger partial charge in [0.25, 0.3) is 5.91 Å². The Morgan fingerprint density at radius 2 is 1.89 bits per heavy atom. The number of fused-ring (bicyclic) bond motifs is 1. The summed E-state index contributed by atoms with van der Waals surface area (Å²) in [5.74, 6) is 0.261. The van der Waals surface area contributed by atoms with Crippen LogP contribution in [0.25, 0.3) is 0 Å². The van der Waals surface area contributed by atoms with Gasteiger partial charge in [-0.3, -0.25) is 14.5 Å². The van der Waals surface area contributed by atoms with Gasteiger partial charge in [0, 0.05) is 37.5 Å². The number of amides is 4. The van der Waals surface area contributed by atoms with Crippen LogP contribution in [0, 0.1) is 5.92 Å². The molecule has 0 radical (unpaired) electrons. The highest BCUT2D eigenvalue weighted by atomic mass is 16.2. The third-order valence-electron chi connectivity index (χ3n) is 6.51. The molecule has 3 aliphatic heterocycles. The summed E-state index contributed by atoms with van der Waals surface area (Å²) in [6, 6.07) is 10.5. The molecule has 3 heterocycles. The molecule has 28 heavy (non-hydrogen) atoms. The van der Waals surface area contributed by atoms with Gasteiger partial charge in [0.2, 0.25) is 5.91 Å². The summed E-state index contributed by atoms with van der Waals surface area (Å²) in [5.41, 5.74) is 0.365. The molecule has 0 bridgehead atoms. The Bertz CT molecular complexity index is 794. The number of likely N-dealkylation sites (tertiary alicyclic amines) is 2. The zero-order chi connectivity index (χ0) is 20.1. The number of urea groups is 1. The smallest absolute Gasteiger partial charge is 0.325 e. The standard InChI is InChI=1S/C21H28N4O3/c1-21(2)19(27)25(20(28)22-21)13-18(26)24-10-9-17-16(12-24)15(11-23(17)3)14-7-5-4-6-8-14/h4-8,15-17H,9-13H2,1-3H3,(H,22,28)/t15-,16-,17-/m1/s1. The molecule has 3 fully saturated rings. The van der Waals surface area contributed by atoms with Gasteiger partial charge in [-0.2, -0.15) is 0 Å². The Morgan fingerprint density at radius 3 is 2.54 bits per heavy atom. The number of hydrogen-bond acceptors (Lipinski definition) is 4. The number of nitrogens with one attached hydrogen (secondary N) is 1. The lowest BCUT2D eigenvalue weighted by Gasteiger charge is -2.38. The van der Waals surface area contributed by atoms with E-state index in [4.69, 9.17) is 0 Å². The third-order valence-corrected chi connectivity index (χ3v) is 6.51. The van der Waals surface area contributed by atoms with Gasteiger partial charge in [-0.1, -0.05) is 30.3 Å². The molecule has 150 valence electrons. The fraction of sp³-hybridized carbons (Fsp3) is 0.571. The quantitative estimate of drug-likeness (QED) is 0.797. The number of likely N-dealkylation sites (N-methyl/N-ethyl adjacent to an activating group) is 1. The Labute approximate surface area is 165 Å². The minimum atomic E-state index is -0.947. The molecule has 4 rings (SSSR count). The molecule has 3 aliphatic rings. The van der Waals surface area contributed by atoms with Crippen molar-refractivity contribution in [2.75, 3.05) is 33.2 Å². The van der Waals surface area contributed by atoms with Crippen molar-refractivity contribution in [2.24, 2.45) is 5.92 Å². The van der Waals surface area contributed by atoms with Crippen molar-refractivity contribution in [3.8, 4) is 0 Å². The van der Waals surface area contributed by atoms with E-state index in [-0.39, 0.29) is 18.4 Å². The van der Waals surface area contributed by atoms with Crippen molar-refractivity contribution in [2.45, 2.75) is 37.8 Å². The Morgan fingerprint density at radius 1 is 1.18 bits per heavy atom. The molecule has 0 aliphatic carbocycles. The van der Waals surface area contributed by atoms with E-state index in [1.165, 1.54) is 5.56 Å². The van der Waals surface area contributed by atoms with Crippen molar-refractivity contribution in [1.29, 1.82) is 0 Å². The van der Waals surface area contributed by atoms with Crippen molar-refractivity contribution >= 4 is 17.8 Å². The van der Waals surface area contributed by atoms with Gasteiger partial charge >= 0.3 is 6.03 Å². The van der Waals surface area contributed by atoms with E-state index in [0.29, 0.717) is 31.0 Å². The number of rotatable bonds is 3. The van der Waals surface area contributed by atoms with Crippen LogP contribution in [0.2, 0.25) is 0 Å². The van der Waals surface area contributed by atoms with Crippen LogP contribution in [0.5, 0.6) is 0 Å². The second-order valence-electron chi connectivity index (χ2n) is 8.76. The lowest BCUT2D eigenvalue weighted by atomic mass is 9.82. The maximum Gasteiger partial charge on any atom is 0.325 e. The molecular weight excluding hydrogens is 356 g/mol. The van der Waals surface area contributed by atoms with Crippen molar-refractivity contribution in [1.82, 2.24) is 20.0 Å². The summed E-state index contributed by atoms with van der Waals surface area (Å²) in [6.45, 7) is 5.45. The van der Waals surface area contributed by atoms with E-state index in [2.05, 4.69) is 41.5 Å². The highest BCUT2D eigenvalue weighted by Gasteiger charge is 2.47. The largest absolute Gasteiger partial charge is 0.341 e. The number of nitrogens with zero attached hydrogens (tertiary/aromatic N) is 3. The predicted octanol–water partition coefficient (Wildman–Crippen LogP) is 1.26. The molecule has 0 unspecified atom stereocenters. The second-order valence-corrected chi connectivity index (χ2v) is 8.76. The van der Waals surface area contributed by atoms with Crippen LogP contribution >= 0.6 is 0 Å². The maximum absolute atomic E-state index is 12.9. The van der Waals surface area contributed by atoms with Gasteiger partial charge in [0.1, 0.15) is 12.1 Å². The monoisotopic (exact) mass is 384 g/mol. The number of benzene rings is 1. The minimum absolute atomic E-state index is 0.152. The first-order valence-electron chi connectivity index (χ1n) is 9.95. The average molecular weight is 384 g/mol. The molecule has 1 N–H and O–H groups in total. The van der Waals surface area contributed by atoms with E-state index in [9.17, 15) is 14.4 Å². The molecule has 0 saturated carbocycles. The summed E-state index contributed by atoms with van der Waals surface area (Å²) in [7, 11) is 2.16. The van der Waals surface area contributed by atoms with Crippen LogP contribution in [0.15, 0.2) is 30.3 Å². The SMILES string of the molecule is CN1C[C@H](c2ccccc2)[C@H]2CN(C(=O)CN3C(=O)NC(C)(C)C3=O)CC[C@H]21. The predicted molar refractivity (Wildman–Crippen MR) is 105 cm³/mol. The maximum atomic E-state index is 12.9. The number of imide groups is 1. The molecular formula is C21H28N4O3. The molecule has 1 aromatic carbocycles. The van der Waals surface area contributed by atoms with Crippen molar-refractivity contribution in [3.05, 3.63) is 35.9 Å². The van der Waals surface area contributed by atoms with Crippen LogP contribution in [-0.4, -0.2) is 77.4 Å². The fourth-order valence-electron chi connectivity index (χ4n) is 4.97. The molecule has 4 amide bonds. The molecule has 3 atom stereocenters. The van der Waals surface area contributed by atoms with Gasteiger partial charge < -0.3 is 15.1 Å². The highest BCUT2D eigenvalue weighted by Crippen LogP contribution is 2.40. The van der Waals surface area contributed by atoms with Gasteiger partial charge in [0.05, 0.1) is 0 Å². The summed E-state index contributed by atoms with van der Waals surface area (Å²) in [5, 5.41) is 2.63. The molecule has 1 aromatic rings. The van der Waals surface area contributed by atoms with Gasteiger partial charge in [-0.05, 0) is 32.9 Å². The number of piperidine rings is 1. The summed E-state index contributed by atoms with van der Waals surface area (Å²) in [4.78, 5) is 42.7. The van der Waals surface area contributed by atoms with E-state index < -0.39 is 11.6 Å². The van der Waals surface area contributed by atoms with Gasteiger partial charge in [0.15, 0.2) is 0 Å². The Hall–Kier alpha value is -2.41. The fourth-order valence-corrected chi connectivity index (χ4v) is 4.97. The molecule has 7 nitrogen and oxygen atoms in total. The van der Waals surface area contributed by atoms with E-state index in [1.54, 1.807) is 13.8 Å². The van der Waals surface area contributed by atoms with Crippen LogP contribution in [-0.2, 0) is 9.59 Å². The van der Waals surface area contributed by atoms with Crippen LogP contribution in [0.4, 0.5) is 4.79 Å². The first kappa shape index (κ1) is 18.9. The van der Waals surface area contributed by atoms with Gasteiger partial charge in [-0.25, -0.2) is 4.79 Å². The topological polar surface area (TPSA) is 73.0 Å². The average Bonchev–Trinajstić information content (AvgIpc) is 3.10. The zero-order valence-electron chi connectivity index (χ0n) is 16.7. The van der Waals surface area contributed by atoms with Crippen molar-refractivity contribution in [3.63, 3.8) is 0 Å².